The van der Waals surface area contributed by atoms with E-state index in [9.17, 15) is 14.4 Å². The first-order chi connectivity index (χ1) is 13.5. The second-order valence-electron chi connectivity index (χ2n) is 7.92. The van der Waals surface area contributed by atoms with E-state index in [1.54, 1.807) is 0 Å². The molecule has 0 saturated carbocycles. The molecule has 4 amide bonds. The molecule has 28 heavy (non-hydrogen) atoms. The number of nitrogens with zero attached hydrogens (tertiary/aromatic N) is 2. The zero-order valence-electron chi connectivity index (χ0n) is 16.3. The van der Waals surface area contributed by atoms with Crippen LogP contribution in [0.15, 0.2) is 30.5 Å². The summed E-state index contributed by atoms with van der Waals surface area (Å²) in [4.78, 5) is 44.1. The minimum Gasteiger partial charge on any atom is -0.361 e. The number of H-pyrrole nitrogens is 1. The monoisotopic (exact) mass is 382 g/mol. The average Bonchev–Trinajstić information content (AvgIpc) is 3.18. The summed E-state index contributed by atoms with van der Waals surface area (Å²) < 4.78 is 0. The molecular formula is C21H26N4O3. The van der Waals surface area contributed by atoms with Gasteiger partial charge in [0.15, 0.2) is 0 Å². The highest BCUT2D eigenvalue weighted by molar-refractivity contribution is 6.06. The first kappa shape index (κ1) is 18.5. The molecule has 1 aromatic heterocycles. The number of amides is 4. The minimum absolute atomic E-state index is 0.138. The van der Waals surface area contributed by atoms with Crippen LogP contribution in [0.1, 0.15) is 38.7 Å². The molecule has 3 heterocycles. The summed E-state index contributed by atoms with van der Waals surface area (Å²) in [6.07, 6.45) is 5.28. The quantitative estimate of drug-likeness (QED) is 0.797. The molecule has 0 radical (unpaired) electrons. The topological polar surface area (TPSA) is 85.5 Å². The zero-order valence-corrected chi connectivity index (χ0v) is 16.3. The number of para-hydroxylation sites is 1. The van der Waals surface area contributed by atoms with Crippen molar-refractivity contribution in [3.8, 4) is 0 Å². The van der Waals surface area contributed by atoms with Crippen molar-refractivity contribution >= 4 is 28.7 Å². The van der Waals surface area contributed by atoms with Crippen molar-refractivity contribution in [3.63, 3.8) is 0 Å². The van der Waals surface area contributed by atoms with Crippen molar-refractivity contribution in [3.05, 3.63) is 36.0 Å². The summed E-state index contributed by atoms with van der Waals surface area (Å²) in [6.45, 7) is 3.86. The highest BCUT2D eigenvalue weighted by Gasteiger charge is 2.41. The molecule has 148 valence electrons. The maximum atomic E-state index is 12.8. The van der Waals surface area contributed by atoms with Crippen LogP contribution in [0.3, 0.4) is 0 Å². The first-order valence-electron chi connectivity index (χ1n) is 9.93. The van der Waals surface area contributed by atoms with Crippen LogP contribution in [0.2, 0.25) is 0 Å². The van der Waals surface area contributed by atoms with Gasteiger partial charge in [0, 0.05) is 35.6 Å². The van der Waals surface area contributed by atoms with Crippen molar-refractivity contribution in [2.45, 2.75) is 57.7 Å². The lowest BCUT2D eigenvalue weighted by Crippen LogP contribution is -2.52. The number of rotatable bonds is 4. The number of piperidine rings is 1. The number of aromatic amines is 1. The van der Waals surface area contributed by atoms with E-state index in [0.717, 1.165) is 40.6 Å². The van der Waals surface area contributed by atoms with Crippen LogP contribution >= 0.6 is 0 Å². The number of hydrogen-bond donors (Lipinski definition) is 2. The lowest BCUT2D eigenvalue weighted by atomic mass is 9.97. The normalized spacial score (nSPS) is 25.4. The van der Waals surface area contributed by atoms with E-state index in [2.05, 4.69) is 10.3 Å². The highest BCUT2D eigenvalue weighted by Crippen LogP contribution is 2.24. The molecule has 0 aliphatic carbocycles. The number of imide groups is 1. The Kier molecular flexibility index (Phi) is 4.83. The van der Waals surface area contributed by atoms with Gasteiger partial charge in [-0.3, -0.25) is 14.5 Å². The van der Waals surface area contributed by atoms with Gasteiger partial charge in [-0.05, 0) is 44.7 Å². The Balaban J connectivity index is 1.46. The van der Waals surface area contributed by atoms with Crippen molar-refractivity contribution in [2.24, 2.45) is 0 Å². The van der Waals surface area contributed by atoms with Crippen LogP contribution < -0.4 is 5.32 Å². The van der Waals surface area contributed by atoms with Crippen LogP contribution in [-0.2, 0) is 16.0 Å². The molecule has 2 N–H and O–H groups in total. The van der Waals surface area contributed by atoms with E-state index in [4.69, 9.17) is 0 Å². The number of fused-ring (bicyclic) bond motifs is 1. The molecule has 7 heteroatoms. The smallest absolute Gasteiger partial charge is 0.325 e. The van der Waals surface area contributed by atoms with Crippen LogP contribution in [0, 0.1) is 0 Å². The molecule has 4 rings (SSSR count). The third-order valence-corrected chi connectivity index (χ3v) is 5.98. The van der Waals surface area contributed by atoms with Crippen LogP contribution in [-0.4, -0.2) is 57.3 Å². The van der Waals surface area contributed by atoms with E-state index in [1.165, 1.54) is 0 Å². The molecule has 2 fully saturated rings. The maximum Gasteiger partial charge on any atom is 0.325 e. The molecule has 1 aromatic carbocycles. The van der Waals surface area contributed by atoms with E-state index in [-0.39, 0.29) is 30.4 Å². The number of aromatic nitrogens is 1. The number of hydrogen-bond acceptors (Lipinski definition) is 3. The van der Waals surface area contributed by atoms with Gasteiger partial charge in [-0.25, -0.2) is 4.79 Å². The Morgan fingerprint density at radius 2 is 1.86 bits per heavy atom. The SMILES string of the molecule is C[C@@H]1CCC[C@H](C)N1C(=O)CN1C(=O)N[C@@H](Cc2c[nH]c3ccccc23)C1=O. The molecule has 2 saturated heterocycles. The highest BCUT2D eigenvalue weighted by atomic mass is 16.2. The summed E-state index contributed by atoms with van der Waals surface area (Å²) in [7, 11) is 0. The summed E-state index contributed by atoms with van der Waals surface area (Å²) >= 11 is 0. The lowest BCUT2D eigenvalue weighted by molar-refractivity contribution is -0.141. The number of nitrogens with one attached hydrogen (secondary N) is 2. The van der Waals surface area contributed by atoms with Gasteiger partial charge in [-0.15, -0.1) is 0 Å². The predicted octanol–water partition coefficient (Wildman–Crippen LogP) is 2.42. The van der Waals surface area contributed by atoms with Crippen molar-refractivity contribution < 1.29 is 14.4 Å². The lowest BCUT2D eigenvalue weighted by Gasteiger charge is -2.39. The number of urea groups is 1. The van der Waals surface area contributed by atoms with Crippen LogP contribution in [0.25, 0.3) is 10.9 Å². The van der Waals surface area contributed by atoms with E-state index in [0.29, 0.717) is 6.42 Å². The molecule has 2 aliphatic rings. The van der Waals surface area contributed by atoms with Gasteiger partial charge in [-0.1, -0.05) is 18.2 Å². The molecule has 3 atom stereocenters. The summed E-state index contributed by atoms with van der Waals surface area (Å²) in [5.74, 6) is -0.489. The Morgan fingerprint density at radius 3 is 2.61 bits per heavy atom. The van der Waals surface area contributed by atoms with E-state index >= 15 is 0 Å². The second-order valence-corrected chi connectivity index (χ2v) is 7.92. The Bertz CT molecular complexity index is 911. The van der Waals surface area contributed by atoms with Gasteiger partial charge in [0.05, 0.1) is 0 Å². The van der Waals surface area contributed by atoms with Crippen LogP contribution in [0.5, 0.6) is 0 Å². The minimum atomic E-state index is -0.643. The largest absolute Gasteiger partial charge is 0.361 e. The molecule has 0 bridgehead atoms. The van der Waals surface area contributed by atoms with Crippen molar-refractivity contribution in [1.82, 2.24) is 20.1 Å². The summed E-state index contributed by atoms with van der Waals surface area (Å²) in [5.41, 5.74) is 1.97. The van der Waals surface area contributed by atoms with Crippen LogP contribution in [0.4, 0.5) is 4.79 Å². The van der Waals surface area contributed by atoms with Crippen molar-refractivity contribution in [2.75, 3.05) is 6.54 Å². The fraction of sp³-hybridized carbons (Fsp3) is 0.476. The van der Waals surface area contributed by atoms with Gasteiger partial charge in [0.25, 0.3) is 5.91 Å². The fourth-order valence-corrected chi connectivity index (χ4v) is 4.52. The Morgan fingerprint density at radius 1 is 1.14 bits per heavy atom. The molecule has 0 spiro atoms. The van der Waals surface area contributed by atoms with Gasteiger partial charge in [0.1, 0.15) is 12.6 Å². The number of carbonyl (C=O) groups is 3. The molecule has 0 unspecified atom stereocenters. The molecule has 7 nitrogen and oxygen atoms in total. The first-order valence-corrected chi connectivity index (χ1v) is 9.93. The molecule has 2 aromatic rings. The van der Waals surface area contributed by atoms with Gasteiger partial charge in [0.2, 0.25) is 5.91 Å². The fourth-order valence-electron chi connectivity index (χ4n) is 4.52. The number of carbonyl (C=O) groups excluding carboxylic acids is 3. The molecule has 2 aliphatic heterocycles. The summed E-state index contributed by atoms with van der Waals surface area (Å²) in [6, 6.07) is 7.00. The Labute approximate surface area is 164 Å². The third kappa shape index (κ3) is 3.25. The van der Waals surface area contributed by atoms with Crippen molar-refractivity contribution in [1.29, 1.82) is 0 Å². The number of benzene rings is 1. The summed E-state index contributed by atoms with van der Waals surface area (Å²) in [5, 5.41) is 3.78. The standard InChI is InChI=1S/C21H26N4O3/c1-13-6-5-7-14(2)25(13)19(26)12-24-20(27)18(23-21(24)28)10-15-11-22-17-9-4-3-8-16(15)17/h3-4,8-9,11,13-14,18,22H,5-7,10,12H2,1-2H3,(H,23,28)/t13-,14+,18-/m0/s1. The van der Waals surface area contributed by atoms with Gasteiger partial charge in [-0.2, -0.15) is 0 Å². The third-order valence-electron chi connectivity index (χ3n) is 5.98. The molecular weight excluding hydrogens is 356 g/mol. The van der Waals surface area contributed by atoms with Gasteiger partial charge < -0.3 is 15.2 Å². The number of likely N-dealkylation sites (tertiary alicyclic amines) is 1. The predicted molar refractivity (Wildman–Crippen MR) is 106 cm³/mol. The maximum absolute atomic E-state index is 12.8. The van der Waals surface area contributed by atoms with E-state index < -0.39 is 12.1 Å². The Hall–Kier alpha value is -2.83. The van der Waals surface area contributed by atoms with E-state index in [1.807, 2.05) is 49.2 Å². The zero-order chi connectivity index (χ0) is 19.8. The van der Waals surface area contributed by atoms with Gasteiger partial charge >= 0.3 is 6.03 Å². The second kappa shape index (κ2) is 7.30. The average molecular weight is 382 g/mol.